The molecule has 100 valence electrons. The van der Waals surface area contributed by atoms with E-state index in [1.807, 2.05) is 13.8 Å². The molecule has 0 unspecified atom stereocenters. The molecule has 0 heterocycles. The standard InChI is InChI=1S/C13H16F3NO/c1-5-9(3)17-12-8(2)6-10(13(14,15)16)7-11(12)18-4/h6-7H,5H2,1-4H3. The predicted molar refractivity (Wildman–Crippen MR) is 65.8 cm³/mol. The number of rotatable bonds is 3. The van der Waals surface area contributed by atoms with Gasteiger partial charge in [-0.15, -0.1) is 0 Å². The SMILES string of the molecule is CCC(C)=Nc1c(C)cc(C(F)(F)F)cc1OC. The Kier molecular flexibility index (Phi) is 4.38. The predicted octanol–water partition coefficient (Wildman–Crippen LogP) is 4.52. The van der Waals surface area contributed by atoms with Crippen molar-refractivity contribution in [3.05, 3.63) is 23.3 Å². The zero-order valence-corrected chi connectivity index (χ0v) is 10.9. The van der Waals surface area contributed by atoms with Gasteiger partial charge in [-0.05, 0) is 38.0 Å². The Labute approximate surface area is 104 Å². The van der Waals surface area contributed by atoms with E-state index < -0.39 is 11.7 Å². The van der Waals surface area contributed by atoms with Gasteiger partial charge in [0.25, 0.3) is 0 Å². The monoisotopic (exact) mass is 259 g/mol. The van der Waals surface area contributed by atoms with Crippen molar-refractivity contribution < 1.29 is 17.9 Å². The number of hydrogen-bond donors (Lipinski definition) is 0. The lowest BCUT2D eigenvalue weighted by Gasteiger charge is -2.13. The minimum absolute atomic E-state index is 0.148. The lowest BCUT2D eigenvalue weighted by atomic mass is 10.1. The van der Waals surface area contributed by atoms with Crippen LogP contribution < -0.4 is 4.74 Å². The highest BCUT2D eigenvalue weighted by Gasteiger charge is 2.32. The molecule has 2 nitrogen and oxygen atoms in total. The Morgan fingerprint density at radius 3 is 2.39 bits per heavy atom. The van der Waals surface area contributed by atoms with Crippen LogP contribution in [-0.4, -0.2) is 12.8 Å². The molecule has 18 heavy (non-hydrogen) atoms. The maximum absolute atomic E-state index is 12.7. The molecule has 1 aromatic carbocycles. The van der Waals surface area contributed by atoms with Crippen LogP contribution in [-0.2, 0) is 6.18 Å². The number of hydrogen-bond acceptors (Lipinski definition) is 2. The van der Waals surface area contributed by atoms with Crippen LogP contribution in [0.4, 0.5) is 18.9 Å². The molecule has 0 fully saturated rings. The van der Waals surface area contributed by atoms with Crippen molar-refractivity contribution in [3.63, 3.8) is 0 Å². The number of methoxy groups -OCH3 is 1. The van der Waals surface area contributed by atoms with E-state index in [-0.39, 0.29) is 5.75 Å². The van der Waals surface area contributed by atoms with Gasteiger partial charge in [-0.2, -0.15) is 13.2 Å². The Hall–Kier alpha value is -1.52. The first kappa shape index (κ1) is 14.5. The summed E-state index contributed by atoms with van der Waals surface area (Å²) in [4.78, 5) is 4.30. The van der Waals surface area contributed by atoms with E-state index in [1.54, 1.807) is 6.92 Å². The summed E-state index contributed by atoms with van der Waals surface area (Å²) in [5.41, 5.74) is 1.04. The van der Waals surface area contributed by atoms with Gasteiger partial charge in [-0.1, -0.05) is 6.92 Å². The highest BCUT2D eigenvalue weighted by atomic mass is 19.4. The molecule has 0 radical (unpaired) electrons. The summed E-state index contributed by atoms with van der Waals surface area (Å²) in [5, 5.41) is 0. The van der Waals surface area contributed by atoms with Gasteiger partial charge >= 0.3 is 6.18 Å². The molecule has 1 aromatic rings. The molecule has 0 aliphatic rings. The van der Waals surface area contributed by atoms with Gasteiger partial charge in [0.1, 0.15) is 11.4 Å². The second-order valence-corrected chi connectivity index (χ2v) is 4.04. The Balaban J connectivity index is 3.38. The summed E-state index contributed by atoms with van der Waals surface area (Å²) in [6.45, 7) is 5.36. The van der Waals surface area contributed by atoms with Crippen molar-refractivity contribution >= 4 is 11.4 Å². The van der Waals surface area contributed by atoms with Crippen LogP contribution in [0.25, 0.3) is 0 Å². The molecule has 0 bridgehead atoms. The summed E-state index contributed by atoms with van der Waals surface area (Å²) < 4.78 is 43.0. The average molecular weight is 259 g/mol. The quantitative estimate of drug-likeness (QED) is 0.731. The molecule has 5 heteroatoms. The number of aliphatic imine (C=N–C) groups is 1. The van der Waals surface area contributed by atoms with Crippen molar-refractivity contribution in [1.29, 1.82) is 0 Å². The molecule has 0 saturated carbocycles. The summed E-state index contributed by atoms with van der Waals surface area (Å²) >= 11 is 0. The number of benzene rings is 1. The molecule has 0 atom stereocenters. The van der Waals surface area contributed by atoms with Crippen LogP contribution in [0.3, 0.4) is 0 Å². The Morgan fingerprint density at radius 2 is 1.94 bits per heavy atom. The minimum atomic E-state index is -4.37. The third kappa shape index (κ3) is 3.24. The maximum Gasteiger partial charge on any atom is 0.416 e. The molecule has 0 saturated heterocycles. The third-order valence-electron chi connectivity index (χ3n) is 2.63. The van der Waals surface area contributed by atoms with E-state index in [0.29, 0.717) is 11.3 Å². The van der Waals surface area contributed by atoms with E-state index in [1.165, 1.54) is 7.11 Å². The van der Waals surface area contributed by atoms with Gasteiger partial charge in [0.05, 0.1) is 12.7 Å². The first-order chi connectivity index (χ1) is 8.29. The molecule has 0 aromatic heterocycles. The van der Waals surface area contributed by atoms with Crippen molar-refractivity contribution in [3.8, 4) is 5.75 Å². The fourth-order valence-electron chi connectivity index (χ4n) is 1.48. The summed E-state index contributed by atoms with van der Waals surface area (Å²) in [7, 11) is 1.34. The first-order valence-electron chi connectivity index (χ1n) is 5.59. The highest BCUT2D eigenvalue weighted by molar-refractivity contribution is 5.85. The van der Waals surface area contributed by atoms with Gasteiger partial charge in [-0.25, -0.2) is 0 Å². The van der Waals surface area contributed by atoms with E-state index in [0.717, 1.165) is 24.3 Å². The maximum atomic E-state index is 12.7. The van der Waals surface area contributed by atoms with E-state index >= 15 is 0 Å². The van der Waals surface area contributed by atoms with Crippen molar-refractivity contribution in [2.45, 2.75) is 33.4 Å². The minimum Gasteiger partial charge on any atom is -0.494 e. The second-order valence-electron chi connectivity index (χ2n) is 4.04. The number of halogens is 3. The average Bonchev–Trinajstić information content (AvgIpc) is 2.29. The first-order valence-corrected chi connectivity index (χ1v) is 5.59. The topological polar surface area (TPSA) is 21.6 Å². The molecule has 0 spiro atoms. The van der Waals surface area contributed by atoms with Crippen molar-refractivity contribution in [1.82, 2.24) is 0 Å². The Morgan fingerprint density at radius 1 is 1.33 bits per heavy atom. The van der Waals surface area contributed by atoms with E-state index in [4.69, 9.17) is 4.74 Å². The van der Waals surface area contributed by atoms with E-state index in [2.05, 4.69) is 4.99 Å². The fourth-order valence-corrected chi connectivity index (χ4v) is 1.48. The molecular formula is C13H16F3NO. The third-order valence-corrected chi connectivity index (χ3v) is 2.63. The van der Waals surface area contributed by atoms with Gasteiger partial charge in [-0.3, -0.25) is 4.99 Å². The largest absolute Gasteiger partial charge is 0.494 e. The molecule has 0 N–H and O–H groups in total. The number of alkyl halides is 3. The molecule has 0 aliphatic carbocycles. The van der Waals surface area contributed by atoms with Gasteiger partial charge < -0.3 is 4.74 Å². The zero-order valence-electron chi connectivity index (χ0n) is 10.9. The molecule has 0 aliphatic heterocycles. The van der Waals surface area contributed by atoms with Crippen LogP contribution in [0.2, 0.25) is 0 Å². The number of aryl methyl sites for hydroxylation is 1. The molecule has 0 amide bonds. The Bertz CT molecular complexity index is 464. The molecule has 1 rings (SSSR count). The van der Waals surface area contributed by atoms with Crippen LogP contribution in [0.1, 0.15) is 31.4 Å². The lowest BCUT2D eigenvalue weighted by molar-refractivity contribution is -0.137. The normalized spacial score (nSPS) is 12.7. The van der Waals surface area contributed by atoms with Crippen LogP contribution in [0.15, 0.2) is 17.1 Å². The summed E-state index contributed by atoms with van der Waals surface area (Å²) in [6.07, 6.45) is -3.64. The van der Waals surface area contributed by atoms with E-state index in [9.17, 15) is 13.2 Å². The zero-order chi connectivity index (χ0) is 13.9. The summed E-state index contributed by atoms with van der Waals surface area (Å²) in [6, 6.07) is 2.07. The van der Waals surface area contributed by atoms with Crippen LogP contribution in [0, 0.1) is 6.92 Å². The summed E-state index contributed by atoms with van der Waals surface area (Å²) in [5.74, 6) is 0.148. The smallest absolute Gasteiger partial charge is 0.416 e. The molecular weight excluding hydrogens is 243 g/mol. The fraction of sp³-hybridized carbons (Fsp3) is 0.462. The van der Waals surface area contributed by atoms with Gasteiger partial charge in [0.2, 0.25) is 0 Å². The van der Waals surface area contributed by atoms with Crippen molar-refractivity contribution in [2.24, 2.45) is 4.99 Å². The number of nitrogens with zero attached hydrogens (tertiary/aromatic N) is 1. The highest BCUT2D eigenvalue weighted by Crippen LogP contribution is 2.39. The van der Waals surface area contributed by atoms with Crippen LogP contribution in [0.5, 0.6) is 5.75 Å². The lowest BCUT2D eigenvalue weighted by Crippen LogP contribution is -2.06. The van der Waals surface area contributed by atoms with Crippen LogP contribution >= 0.6 is 0 Å². The van der Waals surface area contributed by atoms with Crippen molar-refractivity contribution in [2.75, 3.05) is 7.11 Å². The number of ether oxygens (including phenoxy) is 1. The second kappa shape index (κ2) is 5.42. The van der Waals surface area contributed by atoms with Gasteiger partial charge in [0, 0.05) is 5.71 Å². The van der Waals surface area contributed by atoms with Gasteiger partial charge in [0.15, 0.2) is 0 Å².